The van der Waals surface area contributed by atoms with E-state index in [0.29, 0.717) is 28.6 Å². The Kier molecular flexibility index (Phi) is 4.92. The van der Waals surface area contributed by atoms with Crippen LogP contribution >= 0.6 is 0 Å². The third kappa shape index (κ3) is 3.96. The summed E-state index contributed by atoms with van der Waals surface area (Å²) in [5.41, 5.74) is 1.53. The van der Waals surface area contributed by atoms with Crippen LogP contribution in [0.5, 0.6) is 17.2 Å². The molecule has 0 fully saturated rings. The van der Waals surface area contributed by atoms with Crippen LogP contribution in [0, 0.1) is 0 Å². The lowest BCUT2D eigenvalue weighted by atomic mass is 10.2. The summed E-state index contributed by atoms with van der Waals surface area (Å²) in [6, 6.07) is 12.6. The summed E-state index contributed by atoms with van der Waals surface area (Å²) in [6.07, 6.45) is 2.96. The van der Waals surface area contributed by atoms with Crippen LogP contribution in [0.1, 0.15) is 11.5 Å². The predicted molar refractivity (Wildman–Crippen MR) is 97.7 cm³/mol. The third-order valence-electron chi connectivity index (χ3n) is 3.94. The van der Waals surface area contributed by atoms with Crippen molar-refractivity contribution >= 4 is 12.0 Å². The number of benzene rings is 2. The number of carbonyl (C=O) groups is 1. The maximum Gasteiger partial charge on any atom is 0.331 e. The number of esters is 1. The fourth-order valence-electron chi connectivity index (χ4n) is 2.56. The zero-order valence-corrected chi connectivity index (χ0v) is 15.0. The molecule has 0 bridgehead atoms. The number of fused-ring (bicyclic) bond motifs is 1. The molecule has 2 heterocycles. The van der Waals surface area contributed by atoms with Crippen molar-refractivity contribution in [1.29, 1.82) is 0 Å². The van der Waals surface area contributed by atoms with E-state index in [4.69, 9.17) is 23.5 Å². The molecule has 0 saturated heterocycles. The Morgan fingerprint density at radius 1 is 1.18 bits per heavy atom. The van der Waals surface area contributed by atoms with Crippen LogP contribution in [0.2, 0.25) is 0 Å². The smallest absolute Gasteiger partial charge is 0.331 e. The molecule has 0 unspecified atom stereocenters. The molecule has 3 aromatic rings. The molecule has 0 N–H and O–H groups in total. The maximum atomic E-state index is 11.9. The number of methoxy groups -OCH3 is 1. The van der Waals surface area contributed by atoms with Gasteiger partial charge < -0.3 is 23.5 Å². The van der Waals surface area contributed by atoms with Crippen LogP contribution < -0.4 is 14.2 Å². The molecule has 0 amide bonds. The monoisotopic (exact) mass is 380 g/mol. The highest BCUT2D eigenvalue weighted by Crippen LogP contribution is 2.35. The van der Waals surface area contributed by atoms with Gasteiger partial charge in [0.2, 0.25) is 12.6 Å². The molecule has 2 aromatic carbocycles. The largest absolute Gasteiger partial charge is 0.497 e. The van der Waals surface area contributed by atoms with Crippen molar-refractivity contribution in [1.82, 2.24) is 10.1 Å². The highest BCUT2D eigenvalue weighted by molar-refractivity contribution is 5.87. The maximum absolute atomic E-state index is 11.9. The molecule has 28 heavy (non-hydrogen) atoms. The average Bonchev–Trinajstić information content (AvgIpc) is 3.39. The van der Waals surface area contributed by atoms with E-state index in [-0.39, 0.29) is 19.3 Å². The number of hydrogen-bond acceptors (Lipinski definition) is 8. The summed E-state index contributed by atoms with van der Waals surface area (Å²) in [5, 5.41) is 3.90. The van der Waals surface area contributed by atoms with Crippen molar-refractivity contribution in [2.24, 2.45) is 0 Å². The van der Waals surface area contributed by atoms with Gasteiger partial charge in [0.1, 0.15) is 5.75 Å². The fraction of sp³-hybridized carbons (Fsp3) is 0.150. The minimum atomic E-state index is -0.523. The van der Waals surface area contributed by atoms with Crippen LogP contribution in [-0.2, 0) is 16.1 Å². The van der Waals surface area contributed by atoms with Crippen LogP contribution in [0.25, 0.3) is 17.5 Å². The molecule has 0 radical (unpaired) electrons. The third-order valence-corrected chi connectivity index (χ3v) is 3.94. The van der Waals surface area contributed by atoms with Crippen molar-refractivity contribution in [3.63, 3.8) is 0 Å². The number of hydrogen-bond donors (Lipinski definition) is 0. The first-order valence-corrected chi connectivity index (χ1v) is 8.43. The van der Waals surface area contributed by atoms with Crippen molar-refractivity contribution < 1.29 is 28.3 Å². The van der Waals surface area contributed by atoms with E-state index in [1.165, 1.54) is 6.08 Å². The first kappa shape index (κ1) is 17.6. The quantitative estimate of drug-likeness (QED) is 0.475. The van der Waals surface area contributed by atoms with E-state index in [9.17, 15) is 4.79 Å². The Bertz CT molecular complexity index is 1030. The molecule has 8 heteroatoms. The van der Waals surface area contributed by atoms with E-state index in [1.54, 1.807) is 37.5 Å². The molecular weight excluding hydrogens is 364 g/mol. The molecule has 142 valence electrons. The lowest BCUT2D eigenvalue weighted by Gasteiger charge is -2.00. The standard InChI is InChI=1S/C20H16N2O6/c1-24-15-4-2-3-13(9-15)5-8-19(23)25-11-18-21-20(22-28-18)14-6-7-16-17(10-14)27-12-26-16/h2-10H,11-12H2,1H3. The van der Waals surface area contributed by atoms with E-state index < -0.39 is 5.97 Å². The lowest BCUT2D eigenvalue weighted by Crippen LogP contribution is -2.01. The van der Waals surface area contributed by atoms with Gasteiger partial charge in [-0.1, -0.05) is 17.3 Å². The number of rotatable bonds is 6. The van der Waals surface area contributed by atoms with Gasteiger partial charge in [-0.15, -0.1) is 0 Å². The van der Waals surface area contributed by atoms with Gasteiger partial charge in [-0.2, -0.15) is 4.98 Å². The molecular formula is C20H16N2O6. The summed E-state index contributed by atoms with van der Waals surface area (Å²) in [4.78, 5) is 16.1. The van der Waals surface area contributed by atoms with Crippen molar-refractivity contribution in [2.45, 2.75) is 6.61 Å². The Labute approximate surface area is 160 Å². The summed E-state index contributed by atoms with van der Waals surface area (Å²) in [5.74, 6) is 2.04. The topological polar surface area (TPSA) is 92.9 Å². The molecule has 0 saturated carbocycles. The minimum Gasteiger partial charge on any atom is -0.497 e. The van der Waals surface area contributed by atoms with Gasteiger partial charge in [-0.3, -0.25) is 0 Å². The van der Waals surface area contributed by atoms with Crippen LogP contribution in [-0.4, -0.2) is 30.0 Å². The molecule has 1 aliphatic heterocycles. The van der Waals surface area contributed by atoms with E-state index in [0.717, 1.165) is 5.56 Å². The molecule has 8 nitrogen and oxygen atoms in total. The Hall–Kier alpha value is -3.81. The van der Waals surface area contributed by atoms with Crippen LogP contribution in [0.4, 0.5) is 0 Å². The van der Waals surface area contributed by atoms with Crippen molar-refractivity contribution in [2.75, 3.05) is 13.9 Å². The Balaban J connectivity index is 1.35. The lowest BCUT2D eigenvalue weighted by molar-refractivity contribution is -0.139. The molecule has 0 spiro atoms. The number of nitrogens with zero attached hydrogens (tertiary/aromatic N) is 2. The molecule has 1 aromatic heterocycles. The van der Waals surface area contributed by atoms with Gasteiger partial charge in [0.15, 0.2) is 18.1 Å². The van der Waals surface area contributed by atoms with Crippen LogP contribution in [0.15, 0.2) is 53.1 Å². The predicted octanol–water partition coefficient (Wildman–Crippen LogP) is 3.23. The molecule has 4 rings (SSSR count). The van der Waals surface area contributed by atoms with Gasteiger partial charge in [-0.25, -0.2) is 4.79 Å². The zero-order chi connectivity index (χ0) is 19.3. The molecule has 0 atom stereocenters. The zero-order valence-electron chi connectivity index (χ0n) is 15.0. The molecule has 1 aliphatic rings. The van der Waals surface area contributed by atoms with Gasteiger partial charge in [0.05, 0.1) is 7.11 Å². The van der Waals surface area contributed by atoms with Crippen molar-refractivity contribution in [3.8, 4) is 28.6 Å². The van der Waals surface area contributed by atoms with Gasteiger partial charge >= 0.3 is 5.97 Å². The average molecular weight is 380 g/mol. The van der Waals surface area contributed by atoms with Crippen molar-refractivity contribution in [3.05, 3.63) is 60.0 Å². The minimum absolute atomic E-state index is 0.126. The SMILES string of the molecule is COc1cccc(C=CC(=O)OCc2nc(-c3ccc4c(c3)OCO4)no2)c1. The first-order chi connectivity index (χ1) is 13.7. The van der Waals surface area contributed by atoms with Gasteiger partial charge in [-0.05, 0) is 42.0 Å². The Morgan fingerprint density at radius 3 is 2.96 bits per heavy atom. The second-order valence-corrected chi connectivity index (χ2v) is 5.80. The van der Waals surface area contributed by atoms with E-state index >= 15 is 0 Å². The number of ether oxygens (including phenoxy) is 4. The number of aromatic nitrogens is 2. The molecule has 0 aliphatic carbocycles. The number of carbonyl (C=O) groups excluding carboxylic acids is 1. The second-order valence-electron chi connectivity index (χ2n) is 5.80. The highest BCUT2D eigenvalue weighted by Gasteiger charge is 2.16. The van der Waals surface area contributed by atoms with E-state index in [2.05, 4.69) is 10.1 Å². The normalized spacial score (nSPS) is 12.3. The van der Waals surface area contributed by atoms with E-state index in [1.807, 2.05) is 18.2 Å². The second kappa shape index (κ2) is 7.83. The summed E-state index contributed by atoms with van der Waals surface area (Å²) < 4.78 is 26.0. The highest BCUT2D eigenvalue weighted by atomic mass is 16.7. The van der Waals surface area contributed by atoms with Gasteiger partial charge in [0.25, 0.3) is 5.89 Å². The first-order valence-electron chi connectivity index (χ1n) is 8.43. The van der Waals surface area contributed by atoms with Crippen LogP contribution in [0.3, 0.4) is 0 Å². The van der Waals surface area contributed by atoms with Gasteiger partial charge in [0, 0.05) is 11.6 Å². The fourth-order valence-corrected chi connectivity index (χ4v) is 2.56. The Morgan fingerprint density at radius 2 is 2.07 bits per heavy atom. The summed E-state index contributed by atoms with van der Waals surface area (Å²) >= 11 is 0. The summed E-state index contributed by atoms with van der Waals surface area (Å²) in [6.45, 7) is 0.0638. The summed E-state index contributed by atoms with van der Waals surface area (Å²) in [7, 11) is 1.58.